The topological polar surface area (TPSA) is 270 Å². The van der Waals surface area contributed by atoms with Gasteiger partial charge in [-0.25, -0.2) is 8.78 Å². The molecular formula is C69H78Ca2F2N4O12. The molecule has 0 saturated carbocycles. The van der Waals surface area contributed by atoms with Crippen LogP contribution in [-0.4, -0.2) is 176 Å². The van der Waals surface area contributed by atoms with E-state index in [4.69, 9.17) is 10.2 Å². The summed E-state index contributed by atoms with van der Waals surface area (Å²) in [5.74, 6) is -4.41. The molecular weight excluding hydrogens is 1190 g/mol. The van der Waals surface area contributed by atoms with Crippen molar-refractivity contribution in [1.29, 1.82) is 0 Å². The molecule has 8 N–H and O–H groups in total. The summed E-state index contributed by atoms with van der Waals surface area (Å²) in [4.78, 5) is 49.8. The van der Waals surface area contributed by atoms with E-state index >= 15 is 0 Å². The Morgan fingerprint density at radius 1 is 0.461 bits per heavy atom. The van der Waals surface area contributed by atoms with Crippen LogP contribution < -0.4 is 20.8 Å². The Bertz CT molecular complexity index is 3250. The predicted molar refractivity (Wildman–Crippen MR) is 342 cm³/mol. The fraction of sp³-hybridized carbons (Fsp3) is 0.304. The van der Waals surface area contributed by atoms with Gasteiger partial charge in [0.25, 0.3) is 11.8 Å². The molecule has 0 saturated heterocycles. The third-order valence-corrected chi connectivity index (χ3v) is 14.1. The summed E-state index contributed by atoms with van der Waals surface area (Å²) in [6.45, 7) is 9.83. The number of amides is 2. The number of para-hydroxylation sites is 2. The minimum atomic E-state index is -1.39. The zero-order valence-corrected chi connectivity index (χ0v) is 52.3. The Morgan fingerprint density at radius 2 is 0.753 bits per heavy atom. The maximum atomic E-state index is 14.0. The molecule has 2 heterocycles. The van der Waals surface area contributed by atoms with E-state index in [1.54, 1.807) is 48.5 Å². The zero-order chi connectivity index (χ0) is 63.3. The van der Waals surface area contributed by atoms with Gasteiger partial charge in [-0.05, 0) is 139 Å². The second-order valence-electron chi connectivity index (χ2n) is 21.8. The van der Waals surface area contributed by atoms with Crippen LogP contribution in [0.4, 0.5) is 20.2 Å². The molecule has 1 unspecified atom stereocenters. The molecule has 5 atom stereocenters. The van der Waals surface area contributed by atoms with Crippen LogP contribution in [0.5, 0.6) is 0 Å². The van der Waals surface area contributed by atoms with Gasteiger partial charge >= 0.3 is 75.5 Å². The Labute approximate surface area is 577 Å². The van der Waals surface area contributed by atoms with Crippen LogP contribution in [0.15, 0.2) is 170 Å². The number of carbonyl (C=O) groups excluding carboxylic acids is 4. The molecule has 0 aliphatic carbocycles. The molecule has 20 heteroatoms. The third-order valence-electron chi connectivity index (χ3n) is 14.1. The second kappa shape index (κ2) is 37.3. The van der Waals surface area contributed by atoms with Crippen molar-refractivity contribution in [2.75, 3.05) is 17.2 Å². The van der Waals surface area contributed by atoms with Crippen LogP contribution in [0.3, 0.4) is 0 Å². The fourth-order valence-electron chi connectivity index (χ4n) is 10.4. The minimum absolute atomic E-state index is 0. The fourth-order valence-corrected chi connectivity index (χ4v) is 10.4. The van der Waals surface area contributed by atoms with Crippen LogP contribution in [0, 0.1) is 11.6 Å². The summed E-state index contributed by atoms with van der Waals surface area (Å²) in [6.07, 6.45) is -6.10. The Hall–Kier alpha value is -6.10. The average Bonchev–Trinajstić information content (AvgIpc) is 1.61. The first-order chi connectivity index (χ1) is 41.6. The van der Waals surface area contributed by atoms with Crippen molar-refractivity contribution in [1.82, 2.24) is 9.13 Å². The van der Waals surface area contributed by atoms with Crippen LogP contribution in [-0.2, 0) is 22.7 Å². The molecule has 16 nitrogen and oxygen atoms in total. The first-order valence-corrected chi connectivity index (χ1v) is 28.9. The normalized spacial score (nSPS) is 12.6. The molecule has 0 bridgehead atoms. The van der Waals surface area contributed by atoms with E-state index in [1.807, 2.05) is 134 Å². The number of anilines is 2. The van der Waals surface area contributed by atoms with Crippen LogP contribution >= 0.6 is 0 Å². The van der Waals surface area contributed by atoms with Crippen molar-refractivity contribution in [3.8, 4) is 44.8 Å². The molecule has 8 aromatic rings. The monoisotopic (exact) mass is 1270 g/mol. The number of aliphatic hydroxyl groups is 6. The van der Waals surface area contributed by atoms with Gasteiger partial charge in [-0.1, -0.05) is 125 Å². The van der Waals surface area contributed by atoms with Gasteiger partial charge < -0.3 is 70.2 Å². The number of aliphatic hydroxyl groups excluding tert-OH is 6. The van der Waals surface area contributed by atoms with E-state index in [0.717, 1.165) is 22.5 Å². The SMILES string of the molecule is CC(C)c1c(C(=O)Nc2ccccc2)c(-c2ccccc2)c(-c2ccc(F)cc2)n1CC[C@@H](O)C[C@@H](O)CC(=O)[O-].CC(C)c1c(C(=O)Nc2ccccc2)c(-c2ccccc2)c(-c2ccc(F)cc2)n1CC[C@@H](O)C[C@@H](O)CC(=O)[O-].CC(O)CO.[Ca+2].[CaH2]. The molecule has 8 rings (SSSR count). The maximum absolute atomic E-state index is 14.0. The van der Waals surface area contributed by atoms with Crippen LogP contribution in [0.25, 0.3) is 44.8 Å². The molecule has 0 fully saturated rings. The van der Waals surface area contributed by atoms with Crippen LogP contribution in [0.2, 0.25) is 0 Å². The Kier molecular flexibility index (Phi) is 31.6. The van der Waals surface area contributed by atoms with E-state index < -0.39 is 66.9 Å². The van der Waals surface area contributed by atoms with Crippen molar-refractivity contribution in [2.45, 2.75) is 129 Å². The molecule has 0 spiro atoms. The van der Waals surface area contributed by atoms with Gasteiger partial charge in [-0.3, -0.25) is 9.59 Å². The van der Waals surface area contributed by atoms with Gasteiger partial charge in [0.15, 0.2) is 0 Å². The second-order valence-corrected chi connectivity index (χ2v) is 21.8. The first-order valence-electron chi connectivity index (χ1n) is 28.9. The van der Waals surface area contributed by atoms with Gasteiger partial charge in [0, 0.05) is 71.8 Å². The number of nitrogens with zero attached hydrogens (tertiary/aromatic N) is 2. The number of halogens is 2. The molecule has 89 heavy (non-hydrogen) atoms. The van der Waals surface area contributed by atoms with Crippen molar-refractivity contribution < 1.29 is 68.8 Å². The van der Waals surface area contributed by atoms with Crippen LogP contribution in [0.1, 0.15) is 117 Å². The number of carboxylic acids is 2. The van der Waals surface area contributed by atoms with Gasteiger partial charge in [0.05, 0.1) is 59.6 Å². The summed E-state index contributed by atoms with van der Waals surface area (Å²) in [5.41, 5.74) is 9.43. The number of aliphatic carboxylic acids is 2. The first kappa shape index (κ1) is 75.4. The molecule has 0 aliphatic rings. The van der Waals surface area contributed by atoms with Gasteiger partial charge in [0.2, 0.25) is 0 Å². The molecule has 0 radical (unpaired) electrons. The van der Waals surface area contributed by atoms with Gasteiger partial charge in [0.1, 0.15) is 11.6 Å². The van der Waals surface area contributed by atoms with E-state index in [1.165, 1.54) is 31.2 Å². The van der Waals surface area contributed by atoms with E-state index in [9.17, 15) is 58.6 Å². The number of hydrogen-bond acceptors (Lipinski definition) is 12. The summed E-state index contributed by atoms with van der Waals surface area (Å²) in [5, 5.41) is 85.2. The van der Waals surface area contributed by atoms with E-state index in [0.29, 0.717) is 56.1 Å². The number of nitrogens with one attached hydrogen (secondary N) is 2. The van der Waals surface area contributed by atoms with Crippen molar-refractivity contribution in [2.24, 2.45) is 0 Å². The molecule has 6 aromatic carbocycles. The van der Waals surface area contributed by atoms with Crippen molar-refractivity contribution >= 4 is 111 Å². The average molecular weight is 1270 g/mol. The quantitative estimate of drug-likeness (QED) is 0.0253. The summed E-state index contributed by atoms with van der Waals surface area (Å²) in [7, 11) is 0. The van der Waals surface area contributed by atoms with Gasteiger partial charge in [-0.2, -0.15) is 0 Å². The number of benzene rings is 6. The number of aromatic nitrogens is 2. The number of carbonyl (C=O) groups is 4. The standard InChI is InChI=1S/2C33H35FN2O5.C3H8O2.2Ca.2H/c2*1-21(2)31-30(33(41)35-25-11-7-4-8-12-25)29(22-9-5-3-6-10-22)32(23-13-15-24(34)16-14-23)36(31)18-17-26(37)19-27(38)20-28(39)40;1-3(5)2-4;;;;/h2*3-16,21,26-27,37-38H,17-20H2,1-2H3,(H,35,41)(H,39,40);3-5H,2H2,1H3;;;;/q;;;;+2;;/p-2/t2*26-,27-;;;;;/m11...../s1. The van der Waals surface area contributed by atoms with Crippen molar-refractivity contribution in [3.05, 3.63) is 204 Å². The van der Waals surface area contributed by atoms with E-state index in [-0.39, 0.29) is 145 Å². The van der Waals surface area contributed by atoms with Gasteiger partial charge in [-0.15, -0.1) is 0 Å². The molecule has 2 amide bonds. The zero-order valence-electron chi connectivity index (χ0n) is 50.1. The number of hydrogen-bond donors (Lipinski definition) is 8. The predicted octanol–water partition coefficient (Wildman–Crippen LogP) is 8.02. The molecule has 2 aromatic heterocycles. The Morgan fingerprint density at radius 3 is 1.02 bits per heavy atom. The number of rotatable bonds is 25. The summed E-state index contributed by atoms with van der Waals surface area (Å²) in [6, 6.07) is 49.4. The van der Waals surface area contributed by atoms with Crippen molar-refractivity contribution in [3.63, 3.8) is 0 Å². The summed E-state index contributed by atoms with van der Waals surface area (Å²) < 4.78 is 32.0. The van der Waals surface area contributed by atoms with E-state index in [2.05, 4.69) is 10.6 Å². The molecule has 464 valence electrons. The Balaban J connectivity index is 0.000000346. The summed E-state index contributed by atoms with van der Waals surface area (Å²) >= 11 is 0. The third kappa shape index (κ3) is 22.1. The number of carboxylic acid groups (broad SMARTS) is 2. The molecule has 0 aliphatic heterocycles.